The maximum Gasteiger partial charge on any atom is 0.247 e. The number of amides is 1. The van der Waals surface area contributed by atoms with Gasteiger partial charge in [0, 0.05) is 12.1 Å². The van der Waals surface area contributed by atoms with Gasteiger partial charge in [-0.15, -0.1) is 0 Å². The fraction of sp³-hybridized carbons (Fsp3) is 0.263. The van der Waals surface area contributed by atoms with Crippen molar-refractivity contribution in [3.63, 3.8) is 0 Å². The van der Waals surface area contributed by atoms with Crippen LogP contribution in [0.4, 0.5) is 0 Å². The largest absolute Gasteiger partial charge is 0.467 e. The van der Waals surface area contributed by atoms with Crippen molar-refractivity contribution in [2.75, 3.05) is 0 Å². The quantitative estimate of drug-likeness (QED) is 0.787. The lowest BCUT2D eigenvalue weighted by Crippen LogP contribution is -2.34. The highest BCUT2D eigenvalue weighted by Crippen LogP contribution is 2.34. The number of rotatable bonds is 5. The number of benzene rings is 1. The van der Waals surface area contributed by atoms with Gasteiger partial charge in [-0.3, -0.25) is 4.79 Å². The Morgan fingerprint density at radius 1 is 1.35 bits per heavy atom. The van der Waals surface area contributed by atoms with Gasteiger partial charge in [-0.05, 0) is 55.7 Å². The second-order valence-electron chi connectivity index (χ2n) is 5.74. The molecule has 4 heteroatoms. The predicted octanol–water partition coefficient (Wildman–Crippen LogP) is 3.92. The molecule has 1 atom stereocenters. The molecule has 0 bridgehead atoms. The summed E-state index contributed by atoms with van der Waals surface area (Å²) in [6.45, 7) is 1.99. The smallest absolute Gasteiger partial charge is 0.247 e. The average molecular weight is 306 g/mol. The number of hydrogen-bond donors (Lipinski definition) is 0. The summed E-state index contributed by atoms with van der Waals surface area (Å²) in [5.74, 6) is 0.790. The van der Waals surface area contributed by atoms with Crippen LogP contribution in [0.5, 0.6) is 0 Å². The van der Waals surface area contributed by atoms with Crippen molar-refractivity contribution >= 4 is 12.0 Å². The van der Waals surface area contributed by atoms with Gasteiger partial charge in [-0.2, -0.15) is 5.26 Å². The first-order valence-corrected chi connectivity index (χ1v) is 7.73. The van der Waals surface area contributed by atoms with Gasteiger partial charge in [0.25, 0.3) is 0 Å². The molecule has 116 valence electrons. The standard InChI is InChI=1S/C19H18N2O2/c1-14(18-3-2-12-23-18)21(17-9-10-17)19(22)11-8-15-4-6-16(13-20)7-5-15/h2-8,11-12,14,17H,9-10H2,1H3. The molecule has 0 saturated heterocycles. The van der Waals surface area contributed by atoms with Crippen LogP contribution in [-0.2, 0) is 4.79 Å². The molecule has 4 nitrogen and oxygen atoms in total. The summed E-state index contributed by atoms with van der Waals surface area (Å²) in [6.07, 6.45) is 7.10. The molecule has 3 rings (SSSR count). The Balaban J connectivity index is 1.73. The molecule has 1 aromatic heterocycles. The first kappa shape index (κ1) is 15.1. The van der Waals surface area contributed by atoms with Gasteiger partial charge in [0.2, 0.25) is 5.91 Å². The van der Waals surface area contributed by atoms with Crippen LogP contribution in [-0.4, -0.2) is 16.8 Å². The van der Waals surface area contributed by atoms with E-state index in [0.29, 0.717) is 11.6 Å². The van der Waals surface area contributed by atoms with Gasteiger partial charge in [-0.25, -0.2) is 0 Å². The highest BCUT2D eigenvalue weighted by molar-refractivity contribution is 5.92. The number of nitriles is 1. The van der Waals surface area contributed by atoms with Crippen molar-refractivity contribution in [1.82, 2.24) is 4.90 Å². The molecule has 2 aromatic rings. The maximum absolute atomic E-state index is 12.6. The zero-order chi connectivity index (χ0) is 16.2. The summed E-state index contributed by atoms with van der Waals surface area (Å²) in [4.78, 5) is 14.5. The van der Waals surface area contributed by atoms with Crippen LogP contribution in [0.1, 0.15) is 42.7 Å². The van der Waals surface area contributed by atoms with Crippen LogP contribution in [0.2, 0.25) is 0 Å². The molecule has 1 saturated carbocycles. The van der Waals surface area contributed by atoms with Crippen molar-refractivity contribution in [3.05, 3.63) is 65.6 Å². The summed E-state index contributed by atoms with van der Waals surface area (Å²) in [6, 6.07) is 13.2. The fourth-order valence-corrected chi connectivity index (χ4v) is 2.63. The lowest BCUT2D eigenvalue weighted by Gasteiger charge is -2.26. The van der Waals surface area contributed by atoms with Crippen LogP contribution in [0.15, 0.2) is 53.2 Å². The van der Waals surface area contributed by atoms with Crippen molar-refractivity contribution in [2.45, 2.75) is 31.8 Å². The van der Waals surface area contributed by atoms with Crippen LogP contribution < -0.4 is 0 Å². The monoisotopic (exact) mass is 306 g/mol. The molecule has 1 unspecified atom stereocenters. The normalized spacial score (nSPS) is 15.3. The SMILES string of the molecule is CC(c1ccco1)N(C(=O)C=Cc1ccc(C#N)cc1)C1CC1. The van der Waals surface area contributed by atoms with Crippen LogP contribution in [0.3, 0.4) is 0 Å². The molecule has 1 fully saturated rings. The molecule has 1 amide bonds. The molecule has 0 radical (unpaired) electrons. The van der Waals surface area contributed by atoms with Crippen LogP contribution in [0, 0.1) is 11.3 Å². The molecular formula is C19H18N2O2. The Kier molecular flexibility index (Phi) is 4.29. The first-order chi connectivity index (χ1) is 11.2. The number of carbonyl (C=O) groups excluding carboxylic acids is 1. The van der Waals surface area contributed by atoms with Gasteiger partial charge in [-0.1, -0.05) is 12.1 Å². The minimum absolute atomic E-state index is 0.0132. The van der Waals surface area contributed by atoms with E-state index in [9.17, 15) is 4.79 Å². The Morgan fingerprint density at radius 2 is 2.09 bits per heavy atom. The van der Waals surface area contributed by atoms with Gasteiger partial charge < -0.3 is 9.32 Å². The Bertz CT molecular complexity index is 735. The lowest BCUT2D eigenvalue weighted by molar-refractivity contribution is -0.129. The number of furan rings is 1. The number of hydrogen-bond acceptors (Lipinski definition) is 3. The maximum atomic E-state index is 12.6. The fourth-order valence-electron chi connectivity index (χ4n) is 2.63. The average Bonchev–Trinajstić information content (AvgIpc) is 3.25. The second kappa shape index (κ2) is 6.53. The molecule has 1 aromatic carbocycles. The third kappa shape index (κ3) is 3.51. The third-order valence-corrected chi connectivity index (χ3v) is 4.03. The minimum Gasteiger partial charge on any atom is -0.467 e. The number of nitrogens with zero attached hydrogens (tertiary/aromatic N) is 2. The Labute approximate surface area is 135 Å². The van der Waals surface area contributed by atoms with E-state index in [-0.39, 0.29) is 11.9 Å². The van der Waals surface area contributed by atoms with E-state index in [1.54, 1.807) is 30.5 Å². The van der Waals surface area contributed by atoms with Gasteiger partial charge >= 0.3 is 0 Å². The van der Waals surface area contributed by atoms with E-state index >= 15 is 0 Å². The zero-order valence-corrected chi connectivity index (χ0v) is 13.0. The third-order valence-electron chi connectivity index (χ3n) is 4.03. The van der Waals surface area contributed by atoms with Crippen molar-refractivity contribution < 1.29 is 9.21 Å². The van der Waals surface area contributed by atoms with E-state index in [1.807, 2.05) is 36.1 Å². The molecule has 0 N–H and O–H groups in total. The number of carbonyl (C=O) groups is 1. The van der Waals surface area contributed by atoms with E-state index in [2.05, 4.69) is 6.07 Å². The van der Waals surface area contributed by atoms with Crippen molar-refractivity contribution in [2.24, 2.45) is 0 Å². The molecular weight excluding hydrogens is 288 g/mol. The second-order valence-corrected chi connectivity index (χ2v) is 5.74. The summed E-state index contributed by atoms with van der Waals surface area (Å²) >= 11 is 0. The van der Waals surface area contributed by atoms with Crippen LogP contribution in [0.25, 0.3) is 6.08 Å². The molecule has 1 heterocycles. The summed E-state index contributed by atoms with van der Waals surface area (Å²) in [5, 5.41) is 8.80. The van der Waals surface area contributed by atoms with E-state index in [1.165, 1.54) is 0 Å². The first-order valence-electron chi connectivity index (χ1n) is 7.73. The molecule has 1 aliphatic carbocycles. The van der Waals surface area contributed by atoms with Crippen molar-refractivity contribution in [1.29, 1.82) is 5.26 Å². The van der Waals surface area contributed by atoms with Crippen molar-refractivity contribution in [3.8, 4) is 6.07 Å². The van der Waals surface area contributed by atoms with Gasteiger partial charge in [0.15, 0.2) is 0 Å². The van der Waals surface area contributed by atoms with Gasteiger partial charge in [0.05, 0.1) is 23.9 Å². The molecule has 23 heavy (non-hydrogen) atoms. The van der Waals surface area contributed by atoms with E-state index in [4.69, 9.17) is 9.68 Å². The predicted molar refractivity (Wildman–Crippen MR) is 87.2 cm³/mol. The molecule has 0 spiro atoms. The summed E-state index contributed by atoms with van der Waals surface area (Å²) < 4.78 is 5.44. The molecule has 0 aliphatic heterocycles. The topological polar surface area (TPSA) is 57.2 Å². The van der Waals surface area contributed by atoms with E-state index < -0.39 is 0 Å². The minimum atomic E-state index is -0.0735. The highest BCUT2D eigenvalue weighted by atomic mass is 16.3. The Morgan fingerprint density at radius 3 is 2.65 bits per heavy atom. The molecule has 1 aliphatic rings. The zero-order valence-electron chi connectivity index (χ0n) is 13.0. The van der Waals surface area contributed by atoms with Gasteiger partial charge in [0.1, 0.15) is 5.76 Å². The summed E-state index contributed by atoms with van der Waals surface area (Å²) in [5.41, 5.74) is 1.51. The van der Waals surface area contributed by atoms with Crippen LogP contribution >= 0.6 is 0 Å². The summed E-state index contributed by atoms with van der Waals surface area (Å²) in [7, 11) is 0. The Hall–Kier alpha value is -2.80. The highest BCUT2D eigenvalue weighted by Gasteiger charge is 2.36. The van der Waals surface area contributed by atoms with E-state index in [0.717, 1.165) is 24.2 Å². The lowest BCUT2D eigenvalue weighted by atomic mass is 10.1.